The molecular weight excluding hydrogens is 266 g/mol. The molecule has 0 aliphatic carbocycles. The van der Waals surface area contributed by atoms with Crippen LogP contribution in [0.4, 0.5) is 5.69 Å². The summed E-state index contributed by atoms with van der Waals surface area (Å²) >= 11 is 0. The minimum atomic E-state index is 0.194. The third kappa shape index (κ3) is 2.94. The van der Waals surface area contributed by atoms with Gasteiger partial charge in [0.1, 0.15) is 0 Å². The Hall–Kier alpha value is -2.63. The number of rotatable bonds is 5. The van der Waals surface area contributed by atoms with E-state index in [4.69, 9.17) is 4.42 Å². The highest BCUT2D eigenvalue weighted by molar-refractivity contribution is 5.58. The van der Waals surface area contributed by atoms with E-state index in [1.807, 2.05) is 35.1 Å². The van der Waals surface area contributed by atoms with Gasteiger partial charge < -0.3 is 9.73 Å². The summed E-state index contributed by atoms with van der Waals surface area (Å²) in [7, 11) is 0. The maximum Gasteiger partial charge on any atom is 0.247 e. The minimum Gasteiger partial charge on any atom is -0.423 e. The first-order chi connectivity index (χ1) is 10.3. The molecule has 0 aliphatic rings. The fourth-order valence-corrected chi connectivity index (χ4v) is 2.12. The molecule has 1 N–H and O–H groups in total. The molecule has 6 nitrogen and oxygen atoms in total. The Labute approximate surface area is 122 Å². The molecule has 21 heavy (non-hydrogen) atoms. The quantitative estimate of drug-likeness (QED) is 0.779. The second-order valence-electron chi connectivity index (χ2n) is 4.82. The van der Waals surface area contributed by atoms with E-state index in [0.717, 1.165) is 23.4 Å². The van der Waals surface area contributed by atoms with Crippen molar-refractivity contribution in [2.75, 3.05) is 5.32 Å². The van der Waals surface area contributed by atoms with Gasteiger partial charge in [0.05, 0.1) is 12.2 Å². The fourth-order valence-electron chi connectivity index (χ4n) is 2.12. The van der Waals surface area contributed by atoms with Crippen LogP contribution in [0.3, 0.4) is 0 Å². The van der Waals surface area contributed by atoms with E-state index in [2.05, 4.69) is 40.7 Å². The van der Waals surface area contributed by atoms with Crippen molar-refractivity contribution in [3.05, 3.63) is 48.6 Å². The zero-order valence-corrected chi connectivity index (χ0v) is 12.0. The lowest BCUT2D eigenvalue weighted by atomic mass is 10.1. The van der Waals surface area contributed by atoms with Crippen LogP contribution in [0.1, 0.15) is 25.5 Å². The lowest BCUT2D eigenvalue weighted by Crippen LogP contribution is -2.05. The number of aromatic nitrogens is 4. The lowest BCUT2D eigenvalue weighted by molar-refractivity contribution is 0.568. The molecule has 0 amide bonds. The molecule has 6 heteroatoms. The van der Waals surface area contributed by atoms with Crippen LogP contribution < -0.4 is 5.32 Å². The van der Waals surface area contributed by atoms with Crippen molar-refractivity contribution in [2.45, 2.75) is 26.4 Å². The summed E-state index contributed by atoms with van der Waals surface area (Å²) in [4.78, 5) is 0. The van der Waals surface area contributed by atoms with Gasteiger partial charge in [-0.25, -0.2) is 0 Å². The average Bonchev–Trinajstić information content (AvgIpc) is 3.19. The largest absolute Gasteiger partial charge is 0.423 e. The smallest absolute Gasteiger partial charge is 0.247 e. The predicted octanol–water partition coefficient (Wildman–Crippen LogP) is 3.13. The molecule has 3 rings (SSSR count). The van der Waals surface area contributed by atoms with E-state index in [1.54, 1.807) is 0 Å². The summed E-state index contributed by atoms with van der Waals surface area (Å²) in [5, 5.41) is 15.3. The molecule has 108 valence electrons. The van der Waals surface area contributed by atoms with Crippen molar-refractivity contribution < 1.29 is 4.42 Å². The van der Waals surface area contributed by atoms with Gasteiger partial charge >= 0.3 is 0 Å². The monoisotopic (exact) mass is 283 g/mol. The Morgan fingerprint density at radius 2 is 2.10 bits per heavy atom. The van der Waals surface area contributed by atoms with Gasteiger partial charge in [0.25, 0.3) is 0 Å². The Morgan fingerprint density at radius 3 is 2.71 bits per heavy atom. The molecule has 0 radical (unpaired) electrons. The molecule has 1 aromatic carbocycles. The van der Waals surface area contributed by atoms with Crippen molar-refractivity contribution in [3.8, 4) is 11.5 Å². The van der Waals surface area contributed by atoms with Crippen LogP contribution in [-0.2, 0) is 6.54 Å². The van der Waals surface area contributed by atoms with Crippen molar-refractivity contribution in [3.63, 3.8) is 0 Å². The molecule has 0 bridgehead atoms. The maximum atomic E-state index is 5.17. The molecule has 3 aromatic rings. The second kappa shape index (κ2) is 5.78. The van der Waals surface area contributed by atoms with Crippen LogP contribution in [-0.4, -0.2) is 20.0 Å². The van der Waals surface area contributed by atoms with Gasteiger partial charge in [0.2, 0.25) is 12.3 Å². The van der Waals surface area contributed by atoms with Crippen LogP contribution in [0, 0.1) is 0 Å². The Morgan fingerprint density at radius 1 is 1.29 bits per heavy atom. The molecule has 2 heterocycles. The summed E-state index contributed by atoms with van der Waals surface area (Å²) in [5.41, 5.74) is 3.11. The standard InChI is InChI=1S/C15H17N5O/c1-3-20-9-13(8-17-20)11(2)18-14-6-4-12(5-7-14)15-19-16-10-21-15/h4-11,18H,3H2,1-2H3. The molecule has 1 unspecified atom stereocenters. The zero-order chi connectivity index (χ0) is 14.7. The van der Waals surface area contributed by atoms with E-state index in [9.17, 15) is 0 Å². The second-order valence-corrected chi connectivity index (χ2v) is 4.82. The Kier molecular flexibility index (Phi) is 3.68. The summed E-state index contributed by atoms with van der Waals surface area (Å²) in [5.74, 6) is 0.527. The van der Waals surface area contributed by atoms with Crippen LogP contribution >= 0.6 is 0 Å². The highest BCUT2D eigenvalue weighted by atomic mass is 16.4. The van der Waals surface area contributed by atoms with Crippen molar-refractivity contribution in [1.29, 1.82) is 0 Å². The molecule has 1 atom stereocenters. The lowest BCUT2D eigenvalue weighted by Gasteiger charge is -2.13. The van der Waals surface area contributed by atoms with E-state index in [0.29, 0.717) is 5.89 Å². The van der Waals surface area contributed by atoms with Crippen LogP contribution in [0.15, 0.2) is 47.5 Å². The van der Waals surface area contributed by atoms with Gasteiger partial charge in [-0.05, 0) is 38.1 Å². The summed E-state index contributed by atoms with van der Waals surface area (Å²) in [6, 6.07) is 8.11. The molecule has 0 aliphatic heterocycles. The third-order valence-corrected chi connectivity index (χ3v) is 3.35. The Bertz CT molecular complexity index is 687. The highest BCUT2D eigenvalue weighted by Gasteiger charge is 2.08. The number of hydrogen-bond acceptors (Lipinski definition) is 5. The SMILES string of the molecule is CCn1cc(C(C)Nc2ccc(-c3nnco3)cc2)cn1. The van der Waals surface area contributed by atoms with Gasteiger partial charge in [0.15, 0.2) is 0 Å². The van der Waals surface area contributed by atoms with Gasteiger partial charge in [0, 0.05) is 29.6 Å². The molecular formula is C15H17N5O. The number of hydrogen-bond donors (Lipinski definition) is 1. The van der Waals surface area contributed by atoms with Gasteiger partial charge in [-0.1, -0.05) is 0 Å². The van der Waals surface area contributed by atoms with E-state index in [-0.39, 0.29) is 6.04 Å². The van der Waals surface area contributed by atoms with Crippen molar-refractivity contribution in [1.82, 2.24) is 20.0 Å². The summed E-state index contributed by atoms with van der Waals surface area (Å²) in [6.07, 6.45) is 5.29. The van der Waals surface area contributed by atoms with Gasteiger partial charge in [-0.15, -0.1) is 10.2 Å². The first-order valence-corrected chi connectivity index (χ1v) is 6.91. The maximum absolute atomic E-state index is 5.17. The normalized spacial score (nSPS) is 12.3. The van der Waals surface area contributed by atoms with Gasteiger partial charge in [-0.2, -0.15) is 5.10 Å². The van der Waals surface area contributed by atoms with Crippen molar-refractivity contribution in [2.24, 2.45) is 0 Å². The molecule has 0 spiro atoms. The topological polar surface area (TPSA) is 68.8 Å². The third-order valence-electron chi connectivity index (χ3n) is 3.35. The number of anilines is 1. The Balaban J connectivity index is 1.70. The molecule has 2 aromatic heterocycles. The van der Waals surface area contributed by atoms with E-state index < -0.39 is 0 Å². The van der Waals surface area contributed by atoms with Crippen molar-refractivity contribution >= 4 is 5.69 Å². The van der Waals surface area contributed by atoms with Crippen LogP contribution in [0.2, 0.25) is 0 Å². The summed E-state index contributed by atoms with van der Waals surface area (Å²) < 4.78 is 7.09. The van der Waals surface area contributed by atoms with E-state index >= 15 is 0 Å². The number of aryl methyl sites for hydroxylation is 1. The highest BCUT2D eigenvalue weighted by Crippen LogP contribution is 2.22. The van der Waals surface area contributed by atoms with Gasteiger partial charge in [-0.3, -0.25) is 4.68 Å². The molecule has 0 saturated carbocycles. The molecule has 0 saturated heterocycles. The number of nitrogens with zero attached hydrogens (tertiary/aromatic N) is 4. The van der Waals surface area contributed by atoms with E-state index in [1.165, 1.54) is 6.39 Å². The number of nitrogens with one attached hydrogen (secondary N) is 1. The first kappa shape index (κ1) is 13.4. The first-order valence-electron chi connectivity index (χ1n) is 6.91. The zero-order valence-electron chi connectivity index (χ0n) is 12.0. The molecule has 0 fully saturated rings. The van der Waals surface area contributed by atoms with Crippen LogP contribution in [0.25, 0.3) is 11.5 Å². The average molecular weight is 283 g/mol. The summed E-state index contributed by atoms with van der Waals surface area (Å²) in [6.45, 7) is 5.07. The fraction of sp³-hybridized carbons (Fsp3) is 0.267. The predicted molar refractivity (Wildman–Crippen MR) is 79.7 cm³/mol. The minimum absolute atomic E-state index is 0.194. The van der Waals surface area contributed by atoms with Crippen LogP contribution in [0.5, 0.6) is 0 Å². The number of benzene rings is 1.